The van der Waals surface area contributed by atoms with Gasteiger partial charge >= 0.3 is 0 Å². The molecule has 0 fully saturated rings. The number of anilines is 1. The van der Waals surface area contributed by atoms with Gasteiger partial charge in [-0.1, -0.05) is 20.3 Å². The molecule has 0 aliphatic carbocycles. The minimum Gasteiger partial charge on any atom is -0.493 e. The summed E-state index contributed by atoms with van der Waals surface area (Å²) in [5.74, 6) is 0.866. The summed E-state index contributed by atoms with van der Waals surface area (Å²) in [6, 6.07) is 4.50. The summed E-state index contributed by atoms with van der Waals surface area (Å²) in [4.78, 5) is 12.0. The van der Waals surface area contributed by atoms with Gasteiger partial charge in [0.15, 0.2) is 11.5 Å². The van der Waals surface area contributed by atoms with E-state index in [2.05, 4.69) is 5.32 Å². The highest BCUT2D eigenvalue weighted by atomic mass is 16.5. The average molecular weight is 296 g/mol. The SMILES string of the molecule is CCC(C)[C@H](N)C(=O)Nc1ccc(OC)c(OCCO)c1. The van der Waals surface area contributed by atoms with E-state index in [4.69, 9.17) is 20.3 Å². The predicted octanol–water partition coefficient (Wildman–Crippen LogP) is 1.38. The molecule has 0 saturated heterocycles. The molecule has 0 aliphatic heterocycles. The summed E-state index contributed by atoms with van der Waals surface area (Å²) < 4.78 is 10.5. The quantitative estimate of drug-likeness (QED) is 0.674. The molecule has 0 radical (unpaired) electrons. The standard InChI is InChI=1S/C15H24N2O4/c1-4-10(2)14(16)15(19)17-11-5-6-12(20-3)13(9-11)21-8-7-18/h5-6,9-10,14,18H,4,7-8,16H2,1-3H3,(H,17,19)/t10?,14-/m0/s1. The van der Waals surface area contributed by atoms with E-state index in [1.807, 2.05) is 13.8 Å². The van der Waals surface area contributed by atoms with Crippen LogP contribution in [0.3, 0.4) is 0 Å². The second-order valence-corrected chi connectivity index (χ2v) is 4.84. The first-order chi connectivity index (χ1) is 10.0. The Kier molecular flexibility index (Phi) is 6.98. The maximum atomic E-state index is 12.0. The van der Waals surface area contributed by atoms with E-state index in [-0.39, 0.29) is 25.0 Å². The van der Waals surface area contributed by atoms with Gasteiger partial charge in [0, 0.05) is 11.8 Å². The number of hydrogen-bond acceptors (Lipinski definition) is 5. The number of nitrogens with one attached hydrogen (secondary N) is 1. The molecule has 0 aromatic heterocycles. The van der Waals surface area contributed by atoms with Crippen LogP contribution in [0, 0.1) is 5.92 Å². The third-order valence-corrected chi connectivity index (χ3v) is 3.34. The molecule has 1 amide bonds. The van der Waals surface area contributed by atoms with Gasteiger partial charge in [0.2, 0.25) is 5.91 Å². The number of benzene rings is 1. The third-order valence-electron chi connectivity index (χ3n) is 3.34. The zero-order valence-corrected chi connectivity index (χ0v) is 12.8. The first-order valence-electron chi connectivity index (χ1n) is 7.01. The number of nitrogens with two attached hydrogens (primary N) is 1. The highest BCUT2D eigenvalue weighted by Crippen LogP contribution is 2.30. The largest absolute Gasteiger partial charge is 0.493 e. The number of ether oxygens (including phenoxy) is 2. The van der Waals surface area contributed by atoms with E-state index in [1.54, 1.807) is 18.2 Å². The fourth-order valence-corrected chi connectivity index (χ4v) is 1.76. The number of hydrogen-bond donors (Lipinski definition) is 3. The average Bonchev–Trinajstić information content (AvgIpc) is 2.51. The number of carbonyl (C=O) groups excluding carboxylic acids is 1. The van der Waals surface area contributed by atoms with Crippen LogP contribution in [-0.2, 0) is 4.79 Å². The summed E-state index contributed by atoms with van der Waals surface area (Å²) in [6.07, 6.45) is 0.835. The Morgan fingerprint density at radius 2 is 2.14 bits per heavy atom. The third kappa shape index (κ3) is 4.91. The van der Waals surface area contributed by atoms with Gasteiger partial charge in [-0.05, 0) is 18.1 Å². The zero-order valence-electron chi connectivity index (χ0n) is 12.8. The number of carbonyl (C=O) groups is 1. The summed E-state index contributed by atoms with van der Waals surface area (Å²) in [6.45, 7) is 3.98. The van der Waals surface area contributed by atoms with Crippen molar-refractivity contribution in [2.75, 3.05) is 25.6 Å². The minimum absolute atomic E-state index is 0.0986. The van der Waals surface area contributed by atoms with Crippen LogP contribution in [0.25, 0.3) is 0 Å². The summed E-state index contributed by atoms with van der Waals surface area (Å²) in [5.41, 5.74) is 6.47. The number of aliphatic hydroxyl groups excluding tert-OH is 1. The summed E-state index contributed by atoms with van der Waals surface area (Å²) >= 11 is 0. The van der Waals surface area contributed by atoms with Crippen LogP contribution in [0.2, 0.25) is 0 Å². The van der Waals surface area contributed by atoms with Crippen LogP contribution in [0.1, 0.15) is 20.3 Å². The lowest BCUT2D eigenvalue weighted by Crippen LogP contribution is -2.40. The van der Waals surface area contributed by atoms with E-state index in [0.717, 1.165) is 6.42 Å². The van der Waals surface area contributed by atoms with Crippen molar-refractivity contribution in [3.8, 4) is 11.5 Å². The van der Waals surface area contributed by atoms with E-state index >= 15 is 0 Å². The van der Waals surface area contributed by atoms with E-state index in [9.17, 15) is 4.79 Å². The second kappa shape index (κ2) is 8.49. The van der Waals surface area contributed by atoms with Crippen LogP contribution >= 0.6 is 0 Å². The molecule has 0 saturated carbocycles. The van der Waals surface area contributed by atoms with Crippen molar-refractivity contribution in [1.82, 2.24) is 0 Å². The number of aliphatic hydroxyl groups is 1. The van der Waals surface area contributed by atoms with Crippen molar-refractivity contribution in [2.45, 2.75) is 26.3 Å². The lowest BCUT2D eigenvalue weighted by Gasteiger charge is -2.18. The molecule has 1 rings (SSSR count). The first-order valence-corrected chi connectivity index (χ1v) is 7.01. The molecule has 6 nitrogen and oxygen atoms in total. The highest BCUT2D eigenvalue weighted by Gasteiger charge is 2.19. The van der Waals surface area contributed by atoms with Crippen LogP contribution in [0.4, 0.5) is 5.69 Å². The highest BCUT2D eigenvalue weighted by molar-refractivity contribution is 5.95. The normalized spacial score (nSPS) is 13.4. The van der Waals surface area contributed by atoms with Crippen molar-refractivity contribution < 1.29 is 19.4 Å². The summed E-state index contributed by atoms with van der Waals surface area (Å²) in [5, 5.41) is 11.6. The first kappa shape index (κ1) is 17.3. The smallest absolute Gasteiger partial charge is 0.241 e. The van der Waals surface area contributed by atoms with Gasteiger partial charge < -0.3 is 25.6 Å². The zero-order chi connectivity index (χ0) is 15.8. The molecule has 21 heavy (non-hydrogen) atoms. The predicted molar refractivity (Wildman–Crippen MR) is 81.6 cm³/mol. The van der Waals surface area contributed by atoms with E-state index in [1.165, 1.54) is 7.11 Å². The molecular formula is C15H24N2O4. The van der Waals surface area contributed by atoms with Crippen LogP contribution in [0.5, 0.6) is 11.5 Å². The van der Waals surface area contributed by atoms with Gasteiger partial charge in [0.25, 0.3) is 0 Å². The van der Waals surface area contributed by atoms with Gasteiger partial charge in [0.05, 0.1) is 19.8 Å². The van der Waals surface area contributed by atoms with Gasteiger partial charge in [-0.3, -0.25) is 4.79 Å². The lowest BCUT2D eigenvalue weighted by molar-refractivity contribution is -0.118. The Balaban J connectivity index is 2.81. The Labute approximate surface area is 125 Å². The number of rotatable bonds is 8. The maximum absolute atomic E-state index is 12.0. The topological polar surface area (TPSA) is 93.8 Å². The fraction of sp³-hybridized carbons (Fsp3) is 0.533. The molecule has 1 aromatic carbocycles. The van der Waals surface area contributed by atoms with Crippen molar-refractivity contribution in [3.63, 3.8) is 0 Å². The molecule has 0 aliphatic rings. The molecule has 1 aromatic rings. The Hall–Kier alpha value is -1.79. The monoisotopic (exact) mass is 296 g/mol. The Bertz CT molecular complexity index is 465. The molecule has 6 heteroatoms. The lowest BCUT2D eigenvalue weighted by atomic mass is 9.99. The molecular weight excluding hydrogens is 272 g/mol. The van der Waals surface area contributed by atoms with Gasteiger partial charge in [0.1, 0.15) is 6.61 Å². The van der Waals surface area contributed by atoms with Crippen molar-refractivity contribution in [3.05, 3.63) is 18.2 Å². The molecule has 0 spiro atoms. The maximum Gasteiger partial charge on any atom is 0.241 e. The molecule has 118 valence electrons. The van der Waals surface area contributed by atoms with Gasteiger partial charge in [-0.2, -0.15) is 0 Å². The molecule has 4 N–H and O–H groups in total. The molecule has 2 atom stereocenters. The van der Waals surface area contributed by atoms with Crippen LogP contribution < -0.4 is 20.5 Å². The molecule has 0 heterocycles. The summed E-state index contributed by atoms with van der Waals surface area (Å²) in [7, 11) is 1.53. The second-order valence-electron chi connectivity index (χ2n) is 4.84. The molecule has 1 unspecified atom stereocenters. The Morgan fingerprint density at radius 1 is 1.43 bits per heavy atom. The van der Waals surface area contributed by atoms with Crippen LogP contribution in [0.15, 0.2) is 18.2 Å². The van der Waals surface area contributed by atoms with Crippen molar-refractivity contribution >= 4 is 11.6 Å². The Morgan fingerprint density at radius 3 is 2.71 bits per heavy atom. The van der Waals surface area contributed by atoms with Crippen molar-refractivity contribution in [2.24, 2.45) is 11.7 Å². The van der Waals surface area contributed by atoms with Crippen molar-refractivity contribution in [1.29, 1.82) is 0 Å². The fourth-order valence-electron chi connectivity index (χ4n) is 1.76. The number of methoxy groups -OCH3 is 1. The van der Waals surface area contributed by atoms with E-state index < -0.39 is 6.04 Å². The minimum atomic E-state index is -0.557. The van der Waals surface area contributed by atoms with Gasteiger partial charge in [-0.15, -0.1) is 0 Å². The van der Waals surface area contributed by atoms with Gasteiger partial charge in [-0.25, -0.2) is 0 Å². The van der Waals surface area contributed by atoms with E-state index in [0.29, 0.717) is 17.2 Å². The van der Waals surface area contributed by atoms with Crippen LogP contribution in [-0.4, -0.2) is 37.4 Å². The molecule has 0 bridgehead atoms. The number of amides is 1.